The maximum absolute atomic E-state index is 12.2. The number of ether oxygens (including phenoxy) is 1. The Balaban J connectivity index is 1.96. The zero-order valence-electron chi connectivity index (χ0n) is 11.7. The summed E-state index contributed by atoms with van der Waals surface area (Å²) < 4.78 is 5.58. The molecule has 0 spiro atoms. The van der Waals surface area contributed by atoms with Crippen LogP contribution in [0.15, 0.2) is 30.3 Å². The molecule has 0 aromatic heterocycles. The van der Waals surface area contributed by atoms with Gasteiger partial charge in [-0.1, -0.05) is 29.8 Å². The minimum absolute atomic E-state index is 0.00270. The molecule has 1 fully saturated rings. The van der Waals surface area contributed by atoms with E-state index in [1.165, 1.54) is 0 Å². The predicted octanol–water partition coefficient (Wildman–Crippen LogP) is 3.38. The molecule has 1 unspecified atom stereocenters. The molecule has 3 nitrogen and oxygen atoms in total. The number of hydrogen-bond acceptors (Lipinski definition) is 2. The number of likely N-dealkylation sites (N-methyl/N-ethyl adjacent to an activating group) is 1. The molecule has 1 saturated heterocycles. The van der Waals surface area contributed by atoms with Gasteiger partial charge in [0.2, 0.25) is 5.91 Å². The highest BCUT2D eigenvalue weighted by atomic mass is 35.5. The van der Waals surface area contributed by atoms with Gasteiger partial charge in [-0.05, 0) is 37.5 Å². The van der Waals surface area contributed by atoms with Crippen molar-refractivity contribution in [2.24, 2.45) is 0 Å². The smallest absolute Gasteiger partial charge is 0.246 e. The fraction of sp³-hybridized carbons (Fsp3) is 0.438. The van der Waals surface area contributed by atoms with Crippen LogP contribution >= 0.6 is 11.6 Å². The molecular formula is C16H20ClNO2. The summed E-state index contributed by atoms with van der Waals surface area (Å²) in [6.45, 7) is 4.15. The maximum atomic E-state index is 12.2. The third-order valence-corrected chi connectivity index (χ3v) is 3.80. The number of halogens is 1. The number of hydrogen-bond donors (Lipinski definition) is 0. The molecule has 108 valence electrons. The summed E-state index contributed by atoms with van der Waals surface area (Å²) in [6, 6.07) is 7.48. The molecule has 1 atom stereocenters. The highest BCUT2D eigenvalue weighted by Crippen LogP contribution is 2.17. The van der Waals surface area contributed by atoms with Gasteiger partial charge in [0.25, 0.3) is 0 Å². The van der Waals surface area contributed by atoms with E-state index in [9.17, 15) is 4.79 Å². The minimum atomic E-state index is 0.00270. The Labute approximate surface area is 125 Å². The van der Waals surface area contributed by atoms with E-state index in [2.05, 4.69) is 0 Å². The van der Waals surface area contributed by atoms with Gasteiger partial charge < -0.3 is 9.64 Å². The van der Waals surface area contributed by atoms with Crippen molar-refractivity contribution >= 4 is 23.6 Å². The van der Waals surface area contributed by atoms with Crippen LogP contribution in [0, 0.1) is 0 Å². The molecule has 1 aromatic rings. The second kappa shape index (κ2) is 7.46. The monoisotopic (exact) mass is 293 g/mol. The average molecular weight is 294 g/mol. The molecule has 1 heterocycles. The summed E-state index contributed by atoms with van der Waals surface area (Å²) in [5.41, 5.74) is 0.857. The van der Waals surface area contributed by atoms with Gasteiger partial charge in [-0.15, -0.1) is 0 Å². The molecule has 0 aliphatic carbocycles. The van der Waals surface area contributed by atoms with Gasteiger partial charge in [0.1, 0.15) is 0 Å². The summed E-state index contributed by atoms with van der Waals surface area (Å²) in [4.78, 5) is 14.0. The van der Waals surface area contributed by atoms with Crippen LogP contribution in [0.1, 0.15) is 25.3 Å². The first-order valence-electron chi connectivity index (χ1n) is 7.04. The van der Waals surface area contributed by atoms with E-state index in [1.54, 1.807) is 12.2 Å². The van der Waals surface area contributed by atoms with Crippen LogP contribution in [-0.4, -0.2) is 36.6 Å². The number of benzene rings is 1. The van der Waals surface area contributed by atoms with E-state index in [1.807, 2.05) is 36.1 Å². The van der Waals surface area contributed by atoms with Crippen LogP contribution < -0.4 is 0 Å². The van der Waals surface area contributed by atoms with Crippen LogP contribution in [0.5, 0.6) is 0 Å². The first-order chi connectivity index (χ1) is 9.70. The van der Waals surface area contributed by atoms with Crippen LogP contribution in [-0.2, 0) is 9.53 Å². The summed E-state index contributed by atoms with van der Waals surface area (Å²) in [7, 11) is 0. The largest absolute Gasteiger partial charge is 0.376 e. The SMILES string of the molecule is CCN(CC1CCCO1)C(=O)/C=C/c1ccccc1Cl. The van der Waals surface area contributed by atoms with Crippen molar-refractivity contribution in [1.29, 1.82) is 0 Å². The highest BCUT2D eigenvalue weighted by Gasteiger charge is 2.20. The molecule has 4 heteroatoms. The fourth-order valence-corrected chi connectivity index (χ4v) is 2.48. The lowest BCUT2D eigenvalue weighted by molar-refractivity contribution is -0.127. The van der Waals surface area contributed by atoms with Gasteiger partial charge in [-0.2, -0.15) is 0 Å². The summed E-state index contributed by atoms with van der Waals surface area (Å²) >= 11 is 6.06. The molecule has 1 aromatic carbocycles. The minimum Gasteiger partial charge on any atom is -0.376 e. The third kappa shape index (κ3) is 4.09. The summed E-state index contributed by atoms with van der Waals surface area (Å²) in [5.74, 6) is 0.00270. The normalized spacial score (nSPS) is 18.6. The molecule has 0 saturated carbocycles. The fourth-order valence-electron chi connectivity index (χ4n) is 2.29. The summed E-state index contributed by atoms with van der Waals surface area (Å²) in [6.07, 6.45) is 5.67. The van der Waals surface area contributed by atoms with Gasteiger partial charge in [-0.3, -0.25) is 4.79 Å². The Morgan fingerprint density at radius 2 is 2.30 bits per heavy atom. The van der Waals surface area contributed by atoms with Gasteiger partial charge >= 0.3 is 0 Å². The van der Waals surface area contributed by atoms with Crippen LogP contribution in [0.4, 0.5) is 0 Å². The van der Waals surface area contributed by atoms with Crippen LogP contribution in [0.2, 0.25) is 5.02 Å². The van der Waals surface area contributed by atoms with Gasteiger partial charge in [0.05, 0.1) is 6.10 Å². The quantitative estimate of drug-likeness (QED) is 0.779. The van der Waals surface area contributed by atoms with Crippen LogP contribution in [0.3, 0.4) is 0 Å². The number of nitrogens with zero attached hydrogens (tertiary/aromatic N) is 1. The van der Waals surface area contributed by atoms with Crippen molar-refractivity contribution in [3.05, 3.63) is 40.9 Å². The van der Waals surface area contributed by atoms with E-state index >= 15 is 0 Å². The lowest BCUT2D eigenvalue weighted by Crippen LogP contribution is -2.36. The molecule has 0 bridgehead atoms. The second-order valence-corrected chi connectivity index (χ2v) is 5.27. The Morgan fingerprint density at radius 3 is 2.95 bits per heavy atom. The molecule has 20 heavy (non-hydrogen) atoms. The lowest BCUT2D eigenvalue weighted by Gasteiger charge is -2.22. The number of carbonyl (C=O) groups excluding carboxylic acids is 1. The standard InChI is InChI=1S/C16H20ClNO2/c1-2-18(12-14-7-5-11-20-14)16(19)10-9-13-6-3-4-8-15(13)17/h3-4,6,8-10,14H,2,5,7,11-12H2,1H3/b10-9+. The van der Waals surface area contributed by atoms with E-state index < -0.39 is 0 Å². The van der Waals surface area contributed by atoms with Crippen molar-refractivity contribution in [1.82, 2.24) is 4.90 Å². The highest BCUT2D eigenvalue weighted by molar-refractivity contribution is 6.32. The topological polar surface area (TPSA) is 29.5 Å². The summed E-state index contributed by atoms with van der Waals surface area (Å²) in [5, 5.41) is 0.652. The second-order valence-electron chi connectivity index (χ2n) is 4.87. The molecular weight excluding hydrogens is 274 g/mol. The molecule has 1 aliphatic heterocycles. The molecule has 1 aliphatic rings. The number of amides is 1. The Morgan fingerprint density at radius 1 is 1.50 bits per heavy atom. The predicted molar refractivity (Wildman–Crippen MR) is 81.7 cm³/mol. The van der Waals surface area contributed by atoms with Crippen molar-refractivity contribution in [3.8, 4) is 0 Å². The van der Waals surface area contributed by atoms with Gasteiger partial charge in [-0.25, -0.2) is 0 Å². The number of carbonyl (C=O) groups is 1. The Kier molecular flexibility index (Phi) is 5.62. The van der Waals surface area contributed by atoms with E-state index in [4.69, 9.17) is 16.3 Å². The zero-order chi connectivity index (χ0) is 14.4. The van der Waals surface area contributed by atoms with E-state index in [-0.39, 0.29) is 12.0 Å². The van der Waals surface area contributed by atoms with Crippen molar-refractivity contribution in [3.63, 3.8) is 0 Å². The first-order valence-corrected chi connectivity index (χ1v) is 7.41. The molecule has 0 N–H and O–H groups in total. The lowest BCUT2D eigenvalue weighted by atomic mass is 10.2. The Bertz CT molecular complexity index is 481. The Hall–Kier alpha value is -1.32. The van der Waals surface area contributed by atoms with E-state index in [0.717, 1.165) is 25.0 Å². The molecule has 0 radical (unpaired) electrons. The molecule has 2 rings (SSSR count). The van der Waals surface area contributed by atoms with Crippen molar-refractivity contribution < 1.29 is 9.53 Å². The zero-order valence-corrected chi connectivity index (χ0v) is 12.5. The van der Waals surface area contributed by atoms with E-state index in [0.29, 0.717) is 18.1 Å². The van der Waals surface area contributed by atoms with Crippen molar-refractivity contribution in [2.75, 3.05) is 19.7 Å². The average Bonchev–Trinajstić information content (AvgIpc) is 2.96. The first kappa shape index (κ1) is 15.1. The molecule has 1 amide bonds. The number of rotatable bonds is 5. The van der Waals surface area contributed by atoms with Gasteiger partial charge in [0.15, 0.2) is 0 Å². The maximum Gasteiger partial charge on any atom is 0.246 e. The van der Waals surface area contributed by atoms with Crippen LogP contribution in [0.25, 0.3) is 6.08 Å². The van der Waals surface area contributed by atoms with Gasteiger partial charge in [0, 0.05) is 30.8 Å². The van der Waals surface area contributed by atoms with Crippen molar-refractivity contribution in [2.45, 2.75) is 25.9 Å². The third-order valence-electron chi connectivity index (χ3n) is 3.45.